The molecule has 0 fully saturated rings. The lowest BCUT2D eigenvalue weighted by atomic mass is 10.1. The van der Waals surface area contributed by atoms with Gasteiger partial charge in [0, 0.05) is 37.1 Å². The lowest BCUT2D eigenvalue weighted by Crippen LogP contribution is -2.33. The van der Waals surface area contributed by atoms with Gasteiger partial charge in [-0.3, -0.25) is 9.59 Å². The molecular formula is C21H25ClN2O3. The molecule has 0 aliphatic carbocycles. The van der Waals surface area contributed by atoms with Crippen molar-refractivity contribution in [1.29, 1.82) is 0 Å². The molecule has 0 aliphatic heterocycles. The number of hydrogen-bond donors (Lipinski definition) is 1. The maximum atomic E-state index is 12.3. The van der Waals surface area contributed by atoms with Gasteiger partial charge in [0.05, 0.1) is 7.11 Å². The Labute approximate surface area is 165 Å². The number of nitrogens with zero attached hydrogens (tertiary/aromatic N) is 1. The number of ether oxygens (including phenoxy) is 1. The van der Waals surface area contributed by atoms with Gasteiger partial charge in [0.15, 0.2) is 0 Å². The molecule has 0 heterocycles. The number of anilines is 1. The number of carbonyl (C=O) groups is 2. The predicted molar refractivity (Wildman–Crippen MR) is 108 cm³/mol. The Morgan fingerprint density at radius 3 is 2.59 bits per heavy atom. The maximum Gasteiger partial charge on any atom is 0.226 e. The van der Waals surface area contributed by atoms with E-state index in [-0.39, 0.29) is 18.2 Å². The summed E-state index contributed by atoms with van der Waals surface area (Å²) in [5, 5.41) is 3.42. The zero-order valence-electron chi connectivity index (χ0n) is 15.9. The molecule has 2 amide bonds. The van der Waals surface area contributed by atoms with E-state index in [4.69, 9.17) is 16.3 Å². The monoisotopic (exact) mass is 388 g/mol. The number of hydrogen-bond acceptors (Lipinski definition) is 3. The van der Waals surface area contributed by atoms with Crippen LogP contribution in [-0.2, 0) is 16.0 Å². The smallest absolute Gasteiger partial charge is 0.226 e. The molecule has 2 aromatic rings. The molecule has 0 saturated heterocycles. The molecule has 144 valence electrons. The zero-order chi connectivity index (χ0) is 19.8. The van der Waals surface area contributed by atoms with Gasteiger partial charge in [-0.05, 0) is 42.7 Å². The molecule has 6 heteroatoms. The normalized spacial score (nSPS) is 10.4. The molecule has 27 heavy (non-hydrogen) atoms. The van der Waals surface area contributed by atoms with Gasteiger partial charge in [-0.1, -0.05) is 35.9 Å². The van der Waals surface area contributed by atoms with Crippen molar-refractivity contribution in [2.45, 2.75) is 26.7 Å². The highest BCUT2D eigenvalue weighted by Crippen LogP contribution is 2.20. The summed E-state index contributed by atoms with van der Waals surface area (Å²) in [6.45, 7) is 4.30. The highest BCUT2D eigenvalue weighted by atomic mass is 35.5. The van der Waals surface area contributed by atoms with Gasteiger partial charge < -0.3 is 15.0 Å². The summed E-state index contributed by atoms with van der Waals surface area (Å²) in [5.41, 5.74) is 2.66. The van der Waals surface area contributed by atoms with E-state index in [9.17, 15) is 9.59 Å². The molecule has 2 aromatic carbocycles. The van der Waals surface area contributed by atoms with Crippen molar-refractivity contribution in [3.63, 3.8) is 0 Å². The predicted octanol–water partition coefficient (Wildman–Crippen LogP) is 4.08. The third-order valence-electron chi connectivity index (χ3n) is 4.37. The molecular weight excluding hydrogens is 364 g/mol. The van der Waals surface area contributed by atoms with E-state index < -0.39 is 0 Å². The summed E-state index contributed by atoms with van der Waals surface area (Å²) in [6, 6.07) is 13.1. The van der Waals surface area contributed by atoms with Crippen molar-refractivity contribution in [3.05, 3.63) is 58.6 Å². The fourth-order valence-electron chi connectivity index (χ4n) is 2.77. The van der Waals surface area contributed by atoms with E-state index >= 15 is 0 Å². The largest absolute Gasteiger partial charge is 0.496 e. The minimum absolute atomic E-state index is 0.0587. The highest BCUT2D eigenvalue weighted by Gasteiger charge is 2.13. The van der Waals surface area contributed by atoms with Crippen LogP contribution in [0.3, 0.4) is 0 Å². The molecule has 2 rings (SSSR count). The minimum Gasteiger partial charge on any atom is -0.496 e. The number of aryl methyl sites for hydroxylation is 1. The van der Waals surface area contributed by atoms with Gasteiger partial charge in [0.25, 0.3) is 0 Å². The molecule has 0 aliphatic rings. The molecule has 0 bridgehead atoms. The number of carbonyl (C=O) groups excluding carboxylic acids is 2. The van der Waals surface area contributed by atoms with Gasteiger partial charge in [0.1, 0.15) is 5.75 Å². The molecule has 0 atom stereocenters. The fraction of sp³-hybridized carbons (Fsp3) is 0.333. The summed E-state index contributed by atoms with van der Waals surface area (Å²) in [5.74, 6) is 0.593. The van der Waals surface area contributed by atoms with Crippen molar-refractivity contribution >= 4 is 29.1 Å². The van der Waals surface area contributed by atoms with Crippen LogP contribution in [0.1, 0.15) is 24.5 Å². The van der Waals surface area contributed by atoms with Gasteiger partial charge in [-0.2, -0.15) is 0 Å². The van der Waals surface area contributed by atoms with Gasteiger partial charge in [-0.15, -0.1) is 0 Å². The van der Waals surface area contributed by atoms with Crippen molar-refractivity contribution in [2.75, 3.05) is 25.5 Å². The van der Waals surface area contributed by atoms with Crippen LogP contribution in [0.5, 0.6) is 5.75 Å². The first kappa shape index (κ1) is 20.8. The molecule has 0 spiro atoms. The number of methoxy groups -OCH3 is 1. The van der Waals surface area contributed by atoms with E-state index in [1.54, 1.807) is 24.1 Å². The minimum atomic E-state index is -0.149. The Bertz CT molecular complexity index is 808. The number of benzene rings is 2. The number of halogens is 1. The first-order valence-corrected chi connectivity index (χ1v) is 9.22. The van der Waals surface area contributed by atoms with E-state index in [1.807, 2.05) is 37.3 Å². The number of nitrogens with one attached hydrogen (secondary N) is 1. The summed E-state index contributed by atoms with van der Waals surface area (Å²) in [6.07, 6.45) is 0.885. The molecule has 0 aromatic heterocycles. The summed E-state index contributed by atoms with van der Waals surface area (Å²) >= 11 is 5.98. The zero-order valence-corrected chi connectivity index (χ0v) is 16.7. The van der Waals surface area contributed by atoms with E-state index in [1.165, 1.54) is 6.92 Å². The molecule has 0 radical (unpaired) electrons. The first-order chi connectivity index (χ1) is 12.9. The maximum absolute atomic E-state index is 12.3. The molecule has 0 unspecified atom stereocenters. The van der Waals surface area contributed by atoms with Crippen LogP contribution in [0.15, 0.2) is 42.5 Å². The summed E-state index contributed by atoms with van der Waals surface area (Å²) < 4.78 is 5.35. The molecule has 1 N–H and O–H groups in total. The van der Waals surface area contributed by atoms with Crippen molar-refractivity contribution < 1.29 is 14.3 Å². The Morgan fingerprint density at radius 2 is 1.89 bits per heavy atom. The molecule has 0 saturated carbocycles. The topological polar surface area (TPSA) is 58.6 Å². The first-order valence-electron chi connectivity index (χ1n) is 8.84. The second kappa shape index (κ2) is 9.97. The van der Waals surface area contributed by atoms with Gasteiger partial charge in [0.2, 0.25) is 11.8 Å². The Balaban J connectivity index is 1.91. The fourth-order valence-corrected chi connectivity index (χ4v) is 2.94. The molecule has 5 nitrogen and oxygen atoms in total. The van der Waals surface area contributed by atoms with Crippen LogP contribution in [0.25, 0.3) is 0 Å². The second-order valence-electron chi connectivity index (χ2n) is 6.33. The number of rotatable bonds is 8. The van der Waals surface area contributed by atoms with Crippen LogP contribution in [0, 0.1) is 6.92 Å². The van der Waals surface area contributed by atoms with Crippen LogP contribution in [0.4, 0.5) is 5.69 Å². The van der Waals surface area contributed by atoms with E-state index in [0.717, 1.165) is 16.9 Å². The van der Waals surface area contributed by atoms with Crippen LogP contribution in [0.2, 0.25) is 5.02 Å². The third-order valence-corrected chi connectivity index (χ3v) is 4.61. The van der Waals surface area contributed by atoms with Crippen LogP contribution < -0.4 is 10.1 Å². The van der Waals surface area contributed by atoms with Crippen LogP contribution in [-0.4, -0.2) is 36.9 Å². The van der Waals surface area contributed by atoms with Gasteiger partial charge in [-0.25, -0.2) is 0 Å². The summed E-state index contributed by atoms with van der Waals surface area (Å²) in [7, 11) is 1.63. The standard InChI is InChI=1S/C21H25ClN2O3/c1-15-8-9-18(22)14-19(15)23-21(26)11-13-24(16(2)25)12-10-17-6-4-5-7-20(17)27-3/h4-9,14H,10-13H2,1-3H3,(H,23,26). The average molecular weight is 389 g/mol. The van der Waals surface area contributed by atoms with Crippen molar-refractivity contribution in [1.82, 2.24) is 4.90 Å². The lowest BCUT2D eigenvalue weighted by Gasteiger charge is -2.21. The van der Waals surface area contributed by atoms with E-state index in [0.29, 0.717) is 30.2 Å². The number of amides is 2. The highest BCUT2D eigenvalue weighted by molar-refractivity contribution is 6.31. The number of para-hydroxylation sites is 1. The summed E-state index contributed by atoms with van der Waals surface area (Å²) in [4.78, 5) is 25.9. The second-order valence-corrected chi connectivity index (χ2v) is 6.76. The van der Waals surface area contributed by atoms with E-state index in [2.05, 4.69) is 5.32 Å². The Hall–Kier alpha value is -2.53. The van der Waals surface area contributed by atoms with Gasteiger partial charge >= 0.3 is 0 Å². The SMILES string of the molecule is COc1ccccc1CCN(CCC(=O)Nc1cc(Cl)ccc1C)C(C)=O. The lowest BCUT2D eigenvalue weighted by molar-refractivity contribution is -0.129. The average Bonchev–Trinajstić information content (AvgIpc) is 2.64. The quantitative estimate of drug-likeness (QED) is 0.741. The van der Waals surface area contributed by atoms with Crippen molar-refractivity contribution in [3.8, 4) is 5.75 Å². The third kappa shape index (κ3) is 6.29. The van der Waals surface area contributed by atoms with Crippen molar-refractivity contribution in [2.24, 2.45) is 0 Å². The Kier molecular flexibility index (Phi) is 7.67. The Morgan fingerprint density at radius 1 is 1.15 bits per heavy atom. The van der Waals surface area contributed by atoms with Crippen LogP contribution >= 0.6 is 11.6 Å².